The number of anilines is 2. The Morgan fingerprint density at radius 2 is 1.81 bits per heavy atom. The highest BCUT2D eigenvalue weighted by Gasteiger charge is 2.67. The van der Waals surface area contributed by atoms with Crippen molar-refractivity contribution in [2.75, 3.05) is 11.1 Å². The molecule has 3 saturated carbocycles. The van der Waals surface area contributed by atoms with E-state index < -0.39 is 0 Å². The topological polar surface area (TPSA) is 112 Å². The van der Waals surface area contributed by atoms with Gasteiger partial charge in [0.2, 0.25) is 11.0 Å². The zero-order valence-electron chi connectivity index (χ0n) is 26.3. The number of nitrogens with two attached hydrogens (primary N) is 1. The summed E-state index contributed by atoms with van der Waals surface area (Å²) in [6, 6.07) is 0. The van der Waals surface area contributed by atoms with Crippen molar-refractivity contribution in [2.45, 2.75) is 105 Å². The lowest BCUT2D eigenvalue weighted by molar-refractivity contribution is -0.156. The van der Waals surface area contributed by atoms with Gasteiger partial charge < -0.3 is 11.1 Å². The first kappa shape index (κ1) is 28.8. The summed E-state index contributed by atoms with van der Waals surface area (Å²) in [6.45, 7) is 17.4. The normalized spacial score (nSPS) is 41.3. The second-order valence-corrected chi connectivity index (χ2v) is 18.2. The van der Waals surface area contributed by atoms with Gasteiger partial charge in [0, 0.05) is 22.6 Å². The van der Waals surface area contributed by atoms with Crippen LogP contribution in [0.3, 0.4) is 0 Å². The molecule has 8 atom stereocenters. The summed E-state index contributed by atoms with van der Waals surface area (Å²) in [5.41, 5.74) is 11.3. The molecule has 3 fully saturated rings. The second-order valence-electron chi connectivity index (χ2n) is 16.6. The highest BCUT2D eigenvalue weighted by molar-refractivity contribution is 7.73. The van der Waals surface area contributed by atoms with Crippen LogP contribution in [0.1, 0.15) is 105 Å². The van der Waals surface area contributed by atoms with Gasteiger partial charge in [0.05, 0.1) is 0 Å². The van der Waals surface area contributed by atoms with Crippen molar-refractivity contribution < 1.29 is 4.79 Å². The Kier molecular flexibility index (Phi) is 6.18. The number of nitrogens with zero attached hydrogens (tertiary/aromatic N) is 2. The van der Waals surface area contributed by atoms with Gasteiger partial charge in [-0.3, -0.25) is 15.0 Å². The van der Waals surface area contributed by atoms with E-state index in [0.717, 1.165) is 38.5 Å². The molecule has 9 heteroatoms. The molecule has 5 aliphatic rings. The molecular formula is C33H48N6OS2. The Morgan fingerprint density at radius 3 is 2.52 bits per heavy atom. The number of fused-ring (bicyclic) bond motifs is 8. The maximum absolute atomic E-state index is 13.8. The molecular weight excluding hydrogens is 561 g/mol. The highest BCUT2D eigenvalue weighted by atomic mass is 32.1. The summed E-state index contributed by atoms with van der Waals surface area (Å²) in [5.74, 6) is 2.79. The van der Waals surface area contributed by atoms with Crippen molar-refractivity contribution in [1.29, 1.82) is 0 Å². The van der Waals surface area contributed by atoms with E-state index in [0.29, 0.717) is 38.6 Å². The van der Waals surface area contributed by atoms with E-state index >= 15 is 0 Å². The number of aromatic nitrogens is 4. The first-order chi connectivity index (χ1) is 19.6. The SMILES string of the molecule is CC1(C)CC2C3=CCC4[C@@]5(C)Cc6c(N)n[nH]c6C(C)(C)C5CC[C@@]4(C)[C@]3(C)CC[C@@H]2[C@H](C(=O)Nc2n[nH]c(=S)s2)C1. The van der Waals surface area contributed by atoms with Crippen LogP contribution in [0.2, 0.25) is 0 Å². The number of rotatable bonds is 2. The number of nitrogens with one attached hydrogen (secondary N) is 3. The first-order valence-corrected chi connectivity index (χ1v) is 17.2. The van der Waals surface area contributed by atoms with Crippen molar-refractivity contribution in [2.24, 2.45) is 51.2 Å². The van der Waals surface area contributed by atoms with Gasteiger partial charge in [-0.2, -0.15) is 5.10 Å². The minimum atomic E-state index is -0.0120. The molecule has 228 valence electrons. The molecule has 1 amide bonds. The number of carbonyl (C=O) groups excluding carboxylic acids is 1. The summed E-state index contributed by atoms with van der Waals surface area (Å²) >= 11 is 6.55. The monoisotopic (exact) mass is 608 g/mol. The highest BCUT2D eigenvalue weighted by Crippen LogP contribution is 2.74. The predicted molar refractivity (Wildman–Crippen MR) is 172 cm³/mol. The van der Waals surface area contributed by atoms with E-state index in [1.807, 2.05) is 0 Å². The molecule has 5 N–H and O–H groups in total. The van der Waals surface area contributed by atoms with Crippen molar-refractivity contribution in [3.63, 3.8) is 0 Å². The molecule has 7 rings (SSSR count). The Labute approximate surface area is 259 Å². The fourth-order valence-electron chi connectivity index (χ4n) is 11.8. The molecule has 2 aromatic rings. The number of aromatic amines is 2. The van der Waals surface area contributed by atoms with Crippen LogP contribution in [0.25, 0.3) is 0 Å². The van der Waals surface area contributed by atoms with Crippen molar-refractivity contribution in [3.05, 3.63) is 26.9 Å². The van der Waals surface area contributed by atoms with Gasteiger partial charge in [-0.15, -0.1) is 5.10 Å². The molecule has 0 spiro atoms. The lowest BCUT2D eigenvalue weighted by Gasteiger charge is -2.70. The summed E-state index contributed by atoms with van der Waals surface area (Å²) < 4.78 is 0.590. The summed E-state index contributed by atoms with van der Waals surface area (Å²) in [7, 11) is 0. The zero-order chi connectivity index (χ0) is 30.0. The largest absolute Gasteiger partial charge is 0.382 e. The van der Waals surface area contributed by atoms with Crippen LogP contribution < -0.4 is 11.1 Å². The molecule has 0 radical (unpaired) electrons. The zero-order valence-corrected chi connectivity index (χ0v) is 28.0. The number of carbonyl (C=O) groups is 1. The van der Waals surface area contributed by atoms with Gasteiger partial charge in [0.25, 0.3) is 0 Å². The summed E-state index contributed by atoms with van der Waals surface area (Å²) in [5, 5.41) is 18.6. The van der Waals surface area contributed by atoms with E-state index in [1.165, 1.54) is 35.4 Å². The van der Waals surface area contributed by atoms with E-state index in [9.17, 15) is 4.79 Å². The smallest absolute Gasteiger partial charge is 0.229 e. The van der Waals surface area contributed by atoms with E-state index in [1.54, 1.807) is 5.57 Å². The van der Waals surface area contributed by atoms with Crippen LogP contribution >= 0.6 is 23.6 Å². The standard InChI is InChI=1S/C33H48N6OS2/c1-29(2)14-18-17(19(15-29)26(40)35-27-38-39-28(41)42-27)10-12-32(6)21(18)8-9-23-31(5)16-20-24(36-37-25(20)34)30(3,4)22(31)11-13-33(23,32)7/h8,17-19,22-23H,9-16H2,1-7H3,(H,39,41)(H3,34,36,37)(H,35,38,40)/t17-,18?,19+,22?,23?,31-,32+,33+/m0/s1. The van der Waals surface area contributed by atoms with Crippen LogP contribution in [-0.2, 0) is 16.6 Å². The average Bonchev–Trinajstić information content (AvgIpc) is 3.48. The lowest BCUT2D eigenvalue weighted by Crippen LogP contribution is -2.64. The minimum absolute atomic E-state index is 0.0120. The molecule has 2 heterocycles. The quantitative estimate of drug-likeness (QED) is 0.205. The fraction of sp³-hybridized carbons (Fsp3) is 0.758. The van der Waals surface area contributed by atoms with Crippen LogP contribution in [0.4, 0.5) is 10.9 Å². The number of hydrogen-bond acceptors (Lipinski definition) is 6. The van der Waals surface area contributed by atoms with Gasteiger partial charge in [0.15, 0.2) is 3.95 Å². The fourth-order valence-corrected chi connectivity index (χ4v) is 12.6. The van der Waals surface area contributed by atoms with Gasteiger partial charge in [-0.1, -0.05) is 71.5 Å². The number of H-pyrrole nitrogens is 2. The van der Waals surface area contributed by atoms with Crippen molar-refractivity contribution >= 4 is 40.4 Å². The third-order valence-corrected chi connectivity index (χ3v) is 14.7. The van der Waals surface area contributed by atoms with Crippen LogP contribution in [0.15, 0.2) is 11.6 Å². The number of allylic oxidation sites excluding steroid dienone is 2. The predicted octanol–water partition coefficient (Wildman–Crippen LogP) is 7.82. The second kappa shape index (κ2) is 9.02. The Morgan fingerprint density at radius 1 is 1.05 bits per heavy atom. The van der Waals surface area contributed by atoms with Gasteiger partial charge in [0.1, 0.15) is 5.82 Å². The molecule has 42 heavy (non-hydrogen) atoms. The summed E-state index contributed by atoms with van der Waals surface area (Å²) in [6.07, 6.45) is 11.6. The molecule has 0 bridgehead atoms. The first-order valence-electron chi connectivity index (χ1n) is 16.0. The van der Waals surface area contributed by atoms with Crippen molar-refractivity contribution in [1.82, 2.24) is 20.4 Å². The van der Waals surface area contributed by atoms with Crippen LogP contribution in [-0.4, -0.2) is 26.3 Å². The average molecular weight is 609 g/mol. The molecule has 7 nitrogen and oxygen atoms in total. The number of amides is 1. The van der Waals surface area contributed by atoms with Crippen molar-refractivity contribution in [3.8, 4) is 0 Å². The molecule has 0 saturated heterocycles. The van der Waals surface area contributed by atoms with Gasteiger partial charge in [-0.05, 0) is 109 Å². The van der Waals surface area contributed by atoms with E-state index in [4.69, 9.17) is 18.0 Å². The number of hydrogen-bond donors (Lipinski definition) is 4. The number of nitrogen functional groups attached to an aromatic ring is 1. The van der Waals surface area contributed by atoms with Gasteiger partial charge >= 0.3 is 0 Å². The molecule has 2 aromatic heterocycles. The van der Waals surface area contributed by atoms with Crippen LogP contribution in [0, 0.1) is 55.2 Å². The molecule has 0 aromatic carbocycles. The van der Waals surface area contributed by atoms with E-state index in [-0.39, 0.29) is 38.9 Å². The Bertz CT molecular complexity index is 1530. The Balaban J connectivity index is 1.25. The maximum atomic E-state index is 13.8. The Hall–Kier alpha value is -2.00. The third-order valence-electron chi connectivity index (χ3n) is 13.7. The lowest BCUT2D eigenvalue weighted by atomic mass is 9.34. The molecule has 5 aliphatic carbocycles. The third kappa shape index (κ3) is 3.80. The maximum Gasteiger partial charge on any atom is 0.229 e. The van der Waals surface area contributed by atoms with E-state index in [2.05, 4.69) is 80.3 Å². The summed E-state index contributed by atoms with van der Waals surface area (Å²) in [4.78, 5) is 13.8. The molecule has 0 aliphatic heterocycles. The van der Waals surface area contributed by atoms with Crippen LogP contribution in [0.5, 0.6) is 0 Å². The van der Waals surface area contributed by atoms with Gasteiger partial charge in [-0.25, -0.2) is 0 Å². The minimum Gasteiger partial charge on any atom is -0.382 e. The molecule has 3 unspecified atom stereocenters.